The van der Waals surface area contributed by atoms with Gasteiger partial charge in [0.25, 0.3) is 0 Å². The standard InChI is InChI=1S/C11H20O4/c1-4-5-10(12)8-14-6-7-15-11(13)9(2)3/h10,12H,2,4-8H2,1,3H3. The fourth-order valence-electron chi connectivity index (χ4n) is 0.952. The first kappa shape index (κ1) is 14.1. The first-order valence-electron chi connectivity index (χ1n) is 5.16. The molecule has 0 fully saturated rings. The molecule has 1 unspecified atom stereocenters. The average Bonchev–Trinajstić information content (AvgIpc) is 2.17. The molecule has 0 spiro atoms. The first-order valence-corrected chi connectivity index (χ1v) is 5.16. The van der Waals surface area contributed by atoms with Gasteiger partial charge in [-0.15, -0.1) is 0 Å². The summed E-state index contributed by atoms with van der Waals surface area (Å²) in [5, 5.41) is 9.30. The molecule has 0 saturated heterocycles. The van der Waals surface area contributed by atoms with Crippen molar-refractivity contribution in [1.29, 1.82) is 0 Å². The fourth-order valence-corrected chi connectivity index (χ4v) is 0.952. The van der Waals surface area contributed by atoms with Gasteiger partial charge in [0.05, 0.1) is 19.3 Å². The van der Waals surface area contributed by atoms with Gasteiger partial charge in [-0.05, 0) is 13.3 Å². The minimum absolute atomic E-state index is 0.199. The molecule has 0 rings (SSSR count). The van der Waals surface area contributed by atoms with Crippen molar-refractivity contribution in [2.75, 3.05) is 19.8 Å². The highest BCUT2D eigenvalue weighted by Crippen LogP contribution is 1.97. The van der Waals surface area contributed by atoms with E-state index in [0.717, 1.165) is 12.8 Å². The Morgan fingerprint density at radius 3 is 2.67 bits per heavy atom. The molecule has 88 valence electrons. The predicted octanol–water partition coefficient (Wildman–Crippen LogP) is 1.28. The maximum atomic E-state index is 10.9. The molecule has 0 aliphatic carbocycles. The quantitative estimate of drug-likeness (QED) is 0.377. The van der Waals surface area contributed by atoms with E-state index < -0.39 is 12.1 Å². The van der Waals surface area contributed by atoms with Crippen molar-refractivity contribution in [3.05, 3.63) is 12.2 Å². The molecule has 0 aliphatic heterocycles. The SMILES string of the molecule is C=C(C)C(=O)OCCOCC(O)CCC. The highest BCUT2D eigenvalue weighted by atomic mass is 16.6. The zero-order chi connectivity index (χ0) is 11.7. The third kappa shape index (κ3) is 8.15. The molecule has 1 atom stereocenters. The largest absolute Gasteiger partial charge is 0.460 e. The molecule has 0 bridgehead atoms. The van der Waals surface area contributed by atoms with E-state index in [1.807, 2.05) is 6.92 Å². The molecule has 0 heterocycles. The van der Waals surface area contributed by atoms with E-state index in [-0.39, 0.29) is 6.61 Å². The summed E-state index contributed by atoms with van der Waals surface area (Å²) in [5.74, 6) is -0.410. The molecule has 0 amide bonds. The molecule has 4 heteroatoms. The molecule has 0 radical (unpaired) electrons. The van der Waals surface area contributed by atoms with Crippen LogP contribution in [0.2, 0.25) is 0 Å². The molecule has 0 saturated carbocycles. The molecule has 4 nitrogen and oxygen atoms in total. The monoisotopic (exact) mass is 216 g/mol. The lowest BCUT2D eigenvalue weighted by atomic mass is 10.2. The van der Waals surface area contributed by atoms with Gasteiger partial charge >= 0.3 is 5.97 Å². The van der Waals surface area contributed by atoms with Crippen LogP contribution in [0.1, 0.15) is 26.7 Å². The van der Waals surface area contributed by atoms with E-state index in [1.165, 1.54) is 0 Å². The van der Waals surface area contributed by atoms with Crippen LogP contribution in [-0.4, -0.2) is 37.0 Å². The van der Waals surface area contributed by atoms with Crippen LogP contribution in [0.5, 0.6) is 0 Å². The average molecular weight is 216 g/mol. The minimum atomic E-state index is -0.424. The Morgan fingerprint density at radius 2 is 2.13 bits per heavy atom. The number of esters is 1. The van der Waals surface area contributed by atoms with Gasteiger partial charge < -0.3 is 14.6 Å². The Morgan fingerprint density at radius 1 is 1.47 bits per heavy atom. The molecule has 0 aromatic rings. The maximum absolute atomic E-state index is 10.9. The predicted molar refractivity (Wildman–Crippen MR) is 57.5 cm³/mol. The Hall–Kier alpha value is -0.870. The number of aliphatic hydroxyl groups is 1. The van der Waals surface area contributed by atoms with Crippen LogP contribution in [0.25, 0.3) is 0 Å². The normalized spacial score (nSPS) is 12.2. The number of carbonyl (C=O) groups excluding carboxylic acids is 1. The van der Waals surface area contributed by atoms with E-state index in [0.29, 0.717) is 18.8 Å². The van der Waals surface area contributed by atoms with E-state index in [2.05, 4.69) is 6.58 Å². The molecular weight excluding hydrogens is 196 g/mol. The highest BCUT2D eigenvalue weighted by Gasteiger charge is 2.04. The van der Waals surface area contributed by atoms with Crippen LogP contribution in [-0.2, 0) is 14.3 Å². The van der Waals surface area contributed by atoms with Gasteiger partial charge in [0, 0.05) is 5.57 Å². The second-order valence-corrected chi connectivity index (χ2v) is 3.43. The van der Waals surface area contributed by atoms with Crippen LogP contribution in [0.15, 0.2) is 12.2 Å². The van der Waals surface area contributed by atoms with Crippen molar-refractivity contribution in [2.45, 2.75) is 32.8 Å². The molecule has 0 aliphatic rings. The molecule has 1 N–H and O–H groups in total. The maximum Gasteiger partial charge on any atom is 0.333 e. The Kier molecular flexibility index (Phi) is 7.95. The number of hydrogen-bond donors (Lipinski definition) is 1. The van der Waals surface area contributed by atoms with Crippen molar-refractivity contribution in [3.63, 3.8) is 0 Å². The van der Waals surface area contributed by atoms with E-state index in [9.17, 15) is 9.90 Å². The Labute approximate surface area is 90.9 Å². The lowest BCUT2D eigenvalue weighted by molar-refractivity contribution is -0.140. The van der Waals surface area contributed by atoms with Gasteiger partial charge in [0.1, 0.15) is 6.61 Å². The van der Waals surface area contributed by atoms with Crippen molar-refractivity contribution >= 4 is 5.97 Å². The summed E-state index contributed by atoms with van der Waals surface area (Å²) < 4.78 is 9.92. The number of aliphatic hydroxyl groups excluding tert-OH is 1. The fraction of sp³-hybridized carbons (Fsp3) is 0.727. The minimum Gasteiger partial charge on any atom is -0.460 e. The van der Waals surface area contributed by atoms with Gasteiger partial charge in [0.2, 0.25) is 0 Å². The summed E-state index contributed by atoms with van der Waals surface area (Å²) in [6, 6.07) is 0. The Balaban J connectivity index is 3.32. The molecule has 0 aromatic carbocycles. The number of rotatable bonds is 8. The van der Waals surface area contributed by atoms with E-state index in [4.69, 9.17) is 9.47 Å². The summed E-state index contributed by atoms with van der Waals surface area (Å²) in [6.07, 6.45) is 1.23. The van der Waals surface area contributed by atoms with E-state index in [1.54, 1.807) is 6.92 Å². The smallest absolute Gasteiger partial charge is 0.333 e. The van der Waals surface area contributed by atoms with Gasteiger partial charge in [-0.1, -0.05) is 19.9 Å². The third-order valence-electron chi connectivity index (χ3n) is 1.74. The molecule has 15 heavy (non-hydrogen) atoms. The second kappa shape index (κ2) is 8.44. The number of ether oxygens (including phenoxy) is 2. The van der Waals surface area contributed by atoms with Crippen LogP contribution in [0, 0.1) is 0 Å². The van der Waals surface area contributed by atoms with Crippen molar-refractivity contribution < 1.29 is 19.4 Å². The van der Waals surface area contributed by atoms with Gasteiger partial charge in [0.15, 0.2) is 0 Å². The lowest BCUT2D eigenvalue weighted by Gasteiger charge is -2.10. The number of carbonyl (C=O) groups is 1. The van der Waals surface area contributed by atoms with Crippen LogP contribution in [0.4, 0.5) is 0 Å². The molecule has 0 aromatic heterocycles. The van der Waals surface area contributed by atoms with E-state index >= 15 is 0 Å². The second-order valence-electron chi connectivity index (χ2n) is 3.43. The van der Waals surface area contributed by atoms with Crippen LogP contribution >= 0.6 is 0 Å². The first-order chi connectivity index (χ1) is 7.07. The third-order valence-corrected chi connectivity index (χ3v) is 1.74. The van der Waals surface area contributed by atoms with Crippen molar-refractivity contribution in [2.24, 2.45) is 0 Å². The summed E-state index contributed by atoms with van der Waals surface area (Å²) >= 11 is 0. The summed E-state index contributed by atoms with van der Waals surface area (Å²) in [6.45, 7) is 7.83. The highest BCUT2D eigenvalue weighted by molar-refractivity contribution is 5.86. The molecular formula is C11H20O4. The van der Waals surface area contributed by atoms with Gasteiger partial charge in [-0.2, -0.15) is 0 Å². The van der Waals surface area contributed by atoms with Crippen LogP contribution in [0.3, 0.4) is 0 Å². The summed E-state index contributed by atoms with van der Waals surface area (Å²) in [4.78, 5) is 10.9. The summed E-state index contributed by atoms with van der Waals surface area (Å²) in [7, 11) is 0. The lowest BCUT2D eigenvalue weighted by Crippen LogP contribution is -2.18. The zero-order valence-corrected chi connectivity index (χ0v) is 9.49. The Bertz CT molecular complexity index is 201. The van der Waals surface area contributed by atoms with Crippen molar-refractivity contribution in [3.8, 4) is 0 Å². The van der Waals surface area contributed by atoms with Gasteiger partial charge in [-0.3, -0.25) is 0 Å². The zero-order valence-electron chi connectivity index (χ0n) is 9.49. The van der Waals surface area contributed by atoms with Gasteiger partial charge in [-0.25, -0.2) is 4.79 Å². The summed E-state index contributed by atoms with van der Waals surface area (Å²) in [5.41, 5.74) is 0.376. The topological polar surface area (TPSA) is 55.8 Å². The van der Waals surface area contributed by atoms with Crippen LogP contribution < -0.4 is 0 Å². The van der Waals surface area contributed by atoms with Crippen molar-refractivity contribution in [1.82, 2.24) is 0 Å². The number of hydrogen-bond acceptors (Lipinski definition) is 4.